The molecule has 144 valence electrons. The first-order chi connectivity index (χ1) is 13.1. The van der Waals surface area contributed by atoms with Gasteiger partial charge in [0, 0.05) is 30.1 Å². The summed E-state index contributed by atoms with van der Waals surface area (Å²) in [6.07, 6.45) is 3.45. The summed E-state index contributed by atoms with van der Waals surface area (Å²) in [5.74, 6) is 0.359. The summed E-state index contributed by atoms with van der Waals surface area (Å²) in [6.45, 7) is 4.19. The predicted octanol–water partition coefficient (Wildman–Crippen LogP) is 2.69. The second-order valence-electron chi connectivity index (χ2n) is 6.66. The third-order valence-electron chi connectivity index (χ3n) is 4.82. The molecule has 7 nitrogen and oxygen atoms in total. The Bertz CT molecular complexity index is 802. The molecule has 1 aliphatic heterocycles. The molecular weight excluding hydrogens is 346 g/mol. The van der Waals surface area contributed by atoms with Gasteiger partial charge in [-0.3, -0.25) is 14.8 Å². The van der Waals surface area contributed by atoms with Gasteiger partial charge >= 0.3 is 5.97 Å². The van der Waals surface area contributed by atoms with E-state index in [1.54, 1.807) is 26.3 Å². The molecule has 1 unspecified atom stereocenters. The first-order valence-corrected chi connectivity index (χ1v) is 9.22. The molecule has 0 saturated carbocycles. The fourth-order valence-electron chi connectivity index (χ4n) is 3.48. The first-order valence-electron chi connectivity index (χ1n) is 9.22. The maximum absolute atomic E-state index is 12.9. The van der Waals surface area contributed by atoms with Crippen molar-refractivity contribution in [1.82, 2.24) is 15.1 Å². The molecule has 3 rings (SSSR count). The summed E-state index contributed by atoms with van der Waals surface area (Å²) in [4.78, 5) is 27.1. The SMILES string of the molecule is CCOC(=O)c1[nH]ncc1CN1CCCC(C(=O)c2cccc(OC)c2)C1. The average molecular weight is 371 g/mol. The summed E-state index contributed by atoms with van der Waals surface area (Å²) in [5, 5.41) is 6.70. The lowest BCUT2D eigenvalue weighted by atomic mass is 9.89. The molecule has 0 bridgehead atoms. The van der Waals surface area contributed by atoms with E-state index in [0.29, 0.717) is 36.7 Å². The number of Topliss-reactive ketones (excluding diaryl/α,β-unsaturated/α-hetero) is 1. The minimum atomic E-state index is -0.397. The maximum atomic E-state index is 12.9. The number of ether oxygens (including phenoxy) is 2. The quantitative estimate of drug-likeness (QED) is 0.595. The molecule has 7 heteroatoms. The second-order valence-corrected chi connectivity index (χ2v) is 6.66. The summed E-state index contributed by atoms with van der Waals surface area (Å²) >= 11 is 0. The normalized spacial score (nSPS) is 17.5. The fourth-order valence-corrected chi connectivity index (χ4v) is 3.48. The number of hydrogen-bond donors (Lipinski definition) is 1. The molecule has 2 heterocycles. The number of benzene rings is 1. The molecule has 27 heavy (non-hydrogen) atoms. The zero-order valence-electron chi connectivity index (χ0n) is 15.7. The smallest absolute Gasteiger partial charge is 0.356 e. The van der Waals surface area contributed by atoms with Crippen molar-refractivity contribution in [3.05, 3.63) is 47.3 Å². The molecule has 1 atom stereocenters. The van der Waals surface area contributed by atoms with Crippen LogP contribution < -0.4 is 4.74 Å². The molecule has 1 N–H and O–H groups in total. The zero-order valence-corrected chi connectivity index (χ0v) is 15.7. The highest BCUT2D eigenvalue weighted by Gasteiger charge is 2.28. The fraction of sp³-hybridized carbons (Fsp3) is 0.450. The van der Waals surface area contributed by atoms with E-state index < -0.39 is 5.97 Å². The molecular formula is C20H25N3O4. The van der Waals surface area contributed by atoms with Crippen molar-refractivity contribution in [2.75, 3.05) is 26.8 Å². The van der Waals surface area contributed by atoms with Gasteiger partial charge in [0.2, 0.25) is 0 Å². The lowest BCUT2D eigenvalue weighted by molar-refractivity contribution is 0.0515. The van der Waals surface area contributed by atoms with Crippen LogP contribution in [0, 0.1) is 5.92 Å². The number of esters is 1. The van der Waals surface area contributed by atoms with Crippen molar-refractivity contribution in [3.63, 3.8) is 0 Å². The van der Waals surface area contributed by atoms with Crippen LogP contribution in [0.25, 0.3) is 0 Å². The molecule has 0 amide bonds. The summed E-state index contributed by atoms with van der Waals surface area (Å²) in [5.41, 5.74) is 1.86. The van der Waals surface area contributed by atoms with Crippen molar-refractivity contribution >= 4 is 11.8 Å². The Balaban J connectivity index is 1.67. The van der Waals surface area contributed by atoms with Crippen LogP contribution in [0.2, 0.25) is 0 Å². The van der Waals surface area contributed by atoms with Crippen LogP contribution in [-0.4, -0.2) is 53.7 Å². The topological polar surface area (TPSA) is 84.5 Å². The molecule has 0 spiro atoms. The number of methoxy groups -OCH3 is 1. The van der Waals surface area contributed by atoms with Gasteiger partial charge in [0.1, 0.15) is 11.4 Å². The van der Waals surface area contributed by atoms with Gasteiger partial charge in [-0.1, -0.05) is 12.1 Å². The number of carbonyl (C=O) groups excluding carboxylic acids is 2. The van der Waals surface area contributed by atoms with Gasteiger partial charge in [0.25, 0.3) is 0 Å². The van der Waals surface area contributed by atoms with E-state index in [1.807, 2.05) is 18.2 Å². The van der Waals surface area contributed by atoms with Gasteiger partial charge < -0.3 is 9.47 Å². The summed E-state index contributed by atoms with van der Waals surface area (Å²) in [7, 11) is 1.60. The zero-order chi connectivity index (χ0) is 19.2. The third-order valence-corrected chi connectivity index (χ3v) is 4.82. The molecule has 2 aromatic rings. The molecule has 1 aromatic heterocycles. The van der Waals surface area contributed by atoms with E-state index in [9.17, 15) is 9.59 Å². The average Bonchev–Trinajstić information content (AvgIpc) is 3.16. The molecule has 1 aromatic carbocycles. The number of piperidine rings is 1. The van der Waals surface area contributed by atoms with Crippen molar-refractivity contribution in [1.29, 1.82) is 0 Å². The number of nitrogens with one attached hydrogen (secondary N) is 1. The van der Waals surface area contributed by atoms with Crippen LogP contribution in [0.15, 0.2) is 30.5 Å². The van der Waals surface area contributed by atoms with E-state index in [-0.39, 0.29) is 11.7 Å². The lowest BCUT2D eigenvalue weighted by Gasteiger charge is -2.31. The Morgan fingerprint density at radius 3 is 3.00 bits per heavy atom. The van der Waals surface area contributed by atoms with Crippen LogP contribution in [0.5, 0.6) is 5.75 Å². The Hall–Kier alpha value is -2.67. The van der Waals surface area contributed by atoms with Gasteiger partial charge in [-0.15, -0.1) is 0 Å². The number of carbonyl (C=O) groups is 2. The number of hydrogen-bond acceptors (Lipinski definition) is 6. The van der Waals surface area contributed by atoms with Crippen molar-refractivity contribution in [2.45, 2.75) is 26.3 Å². The molecule has 0 aliphatic carbocycles. The van der Waals surface area contributed by atoms with Gasteiger partial charge in [-0.25, -0.2) is 4.79 Å². The molecule has 1 saturated heterocycles. The summed E-state index contributed by atoms with van der Waals surface area (Å²) < 4.78 is 10.3. The maximum Gasteiger partial charge on any atom is 0.356 e. The number of nitrogens with zero attached hydrogens (tertiary/aromatic N) is 2. The minimum absolute atomic E-state index is 0.0659. The second kappa shape index (κ2) is 8.81. The van der Waals surface area contributed by atoms with E-state index in [2.05, 4.69) is 15.1 Å². The Labute approximate surface area is 158 Å². The summed E-state index contributed by atoms with van der Waals surface area (Å²) in [6, 6.07) is 7.29. The van der Waals surface area contributed by atoms with Crippen LogP contribution in [-0.2, 0) is 11.3 Å². The Kier molecular flexibility index (Phi) is 6.24. The highest BCUT2D eigenvalue weighted by molar-refractivity contribution is 5.98. The van der Waals surface area contributed by atoms with Gasteiger partial charge in [-0.2, -0.15) is 5.10 Å². The number of ketones is 1. The van der Waals surface area contributed by atoms with Crippen LogP contribution in [0.3, 0.4) is 0 Å². The van der Waals surface area contributed by atoms with Crippen LogP contribution in [0.4, 0.5) is 0 Å². The highest BCUT2D eigenvalue weighted by Crippen LogP contribution is 2.24. The predicted molar refractivity (Wildman–Crippen MR) is 99.9 cm³/mol. The van der Waals surface area contributed by atoms with Crippen molar-refractivity contribution in [2.24, 2.45) is 5.92 Å². The van der Waals surface area contributed by atoms with Crippen molar-refractivity contribution in [3.8, 4) is 5.75 Å². The third kappa shape index (κ3) is 4.54. The van der Waals surface area contributed by atoms with E-state index in [0.717, 1.165) is 24.9 Å². The molecule has 1 aliphatic rings. The van der Waals surface area contributed by atoms with E-state index >= 15 is 0 Å². The standard InChI is InChI=1S/C20H25N3O4/c1-3-27-20(25)18-16(11-21-22-18)13-23-9-5-7-15(12-23)19(24)14-6-4-8-17(10-14)26-2/h4,6,8,10-11,15H,3,5,7,9,12-13H2,1-2H3,(H,21,22). The van der Waals surface area contributed by atoms with Gasteiger partial charge in [0.15, 0.2) is 5.78 Å². The van der Waals surface area contributed by atoms with Gasteiger partial charge in [0.05, 0.1) is 19.9 Å². The lowest BCUT2D eigenvalue weighted by Crippen LogP contribution is -2.38. The number of likely N-dealkylation sites (tertiary alicyclic amines) is 1. The molecule has 0 radical (unpaired) electrons. The largest absolute Gasteiger partial charge is 0.497 e. The van der Waals surface area contributed by atoms with Crippen LogP contribution >= 0.6 is 0 Å². The van der Waals surface area contributed by atoms with E-state index in [4.69, 9.17) is 9.47 Å². The van der Waals surface area contributed by atoms with E-state index in [1.165, 1.54) is 0 Å². The number of H-pyrrole nitrogens is 1. The highest BCUT2D eigenvalue weighted by atomic mass is 16.5. The van der Waals surface area contributed by atoms with Gasteiger partial charge in [-0.05, 0) is 38.4 Å². The Morgan fingerprint density at radius 1 is 1.37 bits per heavy atom. The van der Waals surface area contributed by atoms with Crippen LogP contribution in [0.1, 0.15) is 46.2 Å². The molecule has 1 fully saturated rings. The number of aromatic amines is 1. The Morgan fingerprint density at radius 2 is 2.22 bits per heavy atom. The minimum Gasteiger partial charge on any atom is -0.497 e. The van der Waals surface area contributed by atoms with Crippen molar-refractivity contribution < 1.29 is 19.1 Å². The number of aromatic nitrogens is 2. The monoisotopic (exact) mass is 371 g/mol. The first kappa shape index (κ1) is 19.1. The number of rotatable bonds is 7.